The lowest BCUT2D eigenvalue weighted by atomic mass is 9.96. The Hall–Kier alpha value is -0.780. The van der Waals surface area contributed by atoms with Gasteiger partial charge < -0.3 is 5.32 Å². The molecule has 2 aromatic rings. The van der Waals surface area contributed by atoms with E-state index in [0.717, 1.165) is 20.6 Å². The van der Waals surface area contributed by atoms with E-state index in [2.05, 4.69) is 37.2 Å². The van der Waals surface area contributed by atoms with Crippen LogP contribution in [0.25, 0.3) is 0 Å². The molecule has 0 heterocycles. The van der Waals surface area contributed by atoms with Crippen LogP contribution in [-0.4, -0.2) is 6.54 Å². The first kappa shape index (κ1) is 16.6. The predicted octanol–water partition coefficient (Wildman–Crippen LogP) is 5.50. The van der Waals surface area contributed by atoms with E-state index in [1.165, 1.54) is 0 Å². The molecule has 2 aromatic carbocycles. The first-order valence-electron chi connectivity index (χ1n) is 6.58. The number of hydrogen-bond acceptors (Lipinski definition) is 1. The summed E-state index contributed by atoms with van der Waals surface area (Å²) in [6.07, 6.45) is 0. The second kappa shape index (κ2) is 6.99. The van der Waals surface area contributed by atoms with Crippen LogP contribution in [0.2, 0.25) is 0 Å². The summed E-state index contributed by atoms with van der Waals surface area (Å²) in [4.78, 5) is 0. The minimum atomic E-state index is -0.543. The van der Waals surface area contributed by atoms with Crippen molar-refractivity contribution in [3.05, 3.63) is 67.6 Å². The van der Waals surface area contributed by atoms with Crippen molar-refractivity contribution in [2.24, 2.45) is 0 Å². The standard InChI is InChI=1S/C16H15Br2F2N/c1-3-21-16(11-5-4-10(17)7-13(11)18)12-6-9(2)14(19)8-15(12)20/h4-8,16,21H,3H2,1-2H3. The Bertz CT molecular complexity index is 659. The van der Waals surface area contributed by atoms with Gasteiger partial charge in [0.15, 0.2) is 0 Å². The normalized spacial score (nSPS) is 12.5. The molecule has 0 aliphatic carbocycles. The van der Waals surface area contributed by atoms with Gasteiger partial charge in [-0.2, -0.15) is 0 Å². The fraction of sp³-hybridized carbons (Fsp3) is 0.250. The Balaban J connectivity index is 2.55. The van der Waals surface area contributed by atoms with E-state index >= 15 is 0 Å². The van der Waals surface area contributed by atoms with E-state index in [1.54, 1.807) is 13.0 Å². The summed E-state index contributed by atoms with van der Waals surface area (Å²) in [6.45, 7) is 4.26. The lowest BCUT2D eigenvalue weighted by molar-refractivity contribution is 0.537. The summed E-state index contributed by atoms with van der Waals surface area (Å²) in [5, 5.41) is 3.26. The monoisotopic (exact) mass is 417 g/mol. The molecule has 21 heavy (non-hydrogen) atoms. The molecule has 1 atom stereocenters. The highest BCUT2D eigenvalue weighted by atomic mass is 79.9. The van der Waals surface area contributed by atoms with Crippen molar-refractivity contribution in [1.82, 2.24) is 5.32 Å². The molecule has 0 aliphatic heterocycles. The third-order valence-electron chi connectivity index (χ3n) is 3.27. The van der Waals surface area contributed by atoms with Gasteiger partial charge in [-0.25, -0.2) is 8.78 Å². The van der Waals surface area contributed by atoms with Crippen molar-refractivity contribution in [3.63, 3.8) is 0 Å². The highest BCUT2D eigenvalue weighted by molar-refractivity contribution is 9.11. The average Bonchev–Trinajstić information content (AvgIpc) is 2.41. The molecule has 112 valence electrons. The Morgan fingerprint density at radius 3 is 2.38 bits per heavy atom. The van der Waals surface area contributed by atoms with Crippen LogP contribution in [0.15, 0.2) is 39.3 Å². The number of hydrogen-bond donors (Lipinski definition) is 1. The fourth-order valence-electron chi connectivity index (χ4n) is 2.23. The smallest absolute Gasteiger partial charge is 0.131 e. The van der Waals surface area contributed by atoms with Crippen LogP contribution in [0.4, 0.5) is 8.78 Å². The van der Waals surface area contributed by atoms with E-state index in [9.17, 15) is 8.78 Å². The molecule has 1 nitrogen and oxygen atoms in total. The molecular formula is C16H15Br2F2N. The van der Waals surface area contributed by atoms with Gasteiger partial charge in [-0.3, -0.25) is 0 Å². The van der Waals surface area contributed by atoms with E-state index < -0.39 is 11.6 Å². The van der Waals surface area contributed by atoms with Crippen molar-refractivity contribution in [2.45, 2.75) is 19.9 Å². The molecule has 1 unspecified atom stereocenters. The molecule has 2 rings (SSSR count). The fourth-order valence-corrected chi connectivity index (χ4v) is 3.50. The molecule has 0 amide bonds. The van der Waals surface area contributed by atoms with E-state index in [-0.39, 0.29) is 6.04 Å². The zero-order valence-electron chi connectivity index (χ0n) is 11.7. The van der Waals surface area contributed by atoms with E-state index in [4.69, 9.17) is 0 Å². The Labute approximate surface area is 140 Å². The lowest BCUT2D eigenvalue weighted by Crippen LogP contribution is -2.23. The van der Waals surface area contributed by atoms with Crippen molar-refractivity contribution in [3.8, 4) is 0 Å². The molecule has 5 heteroatoms. The van der Waals surface area contributed by atoms with Gasteiger partial charge in [0, 0.05) is 20.6 Å². The van der Waals surface area contributed by atoms with Crippen molar-refractivity contribution in [2.75, 3.05) is 6.54 Å². The molecule has 0 aromatic heterocycles. The number of benzene rings is 2. The maximum Gasteiger partial charge on any atom is 0.131 e. The molecule has 0 spiro atoms. The van der Waals surface area contributed by atoms with E-state index in [0.29, 0.717) is 17.7 Å². The third kappa shape index (κ3) is 3.71. The van der Waals surface area contributed by atoms with Gasteiger partial charge in [0.1, 0.15) is 11.6 Å². The number of halogens is 4. The quantitative estimate of drug-likeness (QED) is 0.691. The van der Waals surface area contributed by atoms with Gasteiger partial charge in [0.2, 0.25) is 0 Å². The summed E-state index contributed by atoms with van der Waals surface area (Å²) in [5.74, 6) is -1.07. The number of rotatable bonds is 4. The molecule has 0 saturated carbocycles. The minimum Gasteiger partial charge on any atom is -0.306 e. The second-order valence-electron chi connectivity index (χ2n) is 4.78. The van der Waals surface area contributed by atoms with Crippen molar-refractivity contribution >= 4 is 31.9 Å². The van der Waals surface area contributed by atoms with Crippen LogP contribution in [0.5, 0.6) is 0 Å². The maximum absolute atomic E-state index is 14.2. The van der Waals surface area contributed by atoms with E-state index in [1.807, 2.05) is 25.1 Å². The van der Waals surface area contributed by atoms with Crippen LogP contribution in [0, 0.1) is 18.6 Å². The molecule has 0 saturated heterocycles. The summed E-state index contributed by atoms with van der Waals surface area (Å²) in [6, 6.07) is 7.90. The Morgan fingerprint density at radius 1 is 1.05 bits per heavy atom. The molecule has 0 aliphatic rings. The zero-order chi connectivity index (χ0) is 15.6. The zero-order valence-corrected chi connectivity index (χ0v) is 14.9. The lowest BCUT2D eigenvalue weighted by Gasteiger charge is -2.21. The summed E-state index contributed by atoms with van der Waals surface area (Å²) in [5.41, 5.74) is 1.78. The highest BCUT2D eigenvalue weighted by Gasteiger charge is 2.21. The van der Waals surface area contributed by atoms with Crippen LogP contribution >= 0.6 is 31.9 Å². The molecule has 0 fully saturated rings. The minimum absolute atomic E-state index is 0.336. The number of aryl methyl sites for hydroxylation is 1. The predicted molar refractivity (Wildman–Crippen MR) is 88.5 cm³/mol. The van der Waals surface area contributed by atoms with Gasteiger partial charge in [0.05, 0.1) is 6.04 Å². The second-order valence-corrected chi connectivity index (χ2v) is 6.55. The maximum atomic E-state index is 14.2. The summed E-state index contributed by atoms with van der Waals surface area (Å²) in [7, 11) is 0. The first-order chi connectivity index (χ1) is 9.93. The Morgan fingerprint density at radius 2 is 1.76 bits per heavy atom. The van der Waals surface area contributed by atoms with Gasteiger partial charge in [-0.15, -0.1) is 0 Å². The first-order valence-corrected chi connectivity index (χ1v) is 8.16. The molecule has 1 N–H and O–H groups in total. The number of nitrogens with one attached hydrogen (secondary N) is 1. The summed E-state index contributed by atoms with van der Waals surface area (Å²) < 4.78 is 29.5. The van der Waals surface area contributed by atoms with Crippen molar-refractivity contribution in [1.29, 1.82) is 0 Å². The van der Waals surface area contributed by atoms with Gasteiger partial charge in [0.25, 0.3) is 0 Å². The third-order valence-corrected chi connectivity index (χ3v) is 4.45. The van der Waals surface area contributed by atoms with Crippen LogP contribution in [-0.2, 0) is 0 Å². The average molecular weight is 419 g/mol. The van der Waals surface area contributed by atoms with Crippen LogP contribution in [0.1, 0.15) is 29.7 Å². The van der Waals surface area contributed by atoms with Gasteiger partial charge >= 0.3 is 0 Å². The summed E-state index contributed by atoms with van der Waals surface area (Å²) >= 11 is 6.91. The SMILES string of the molecule is CCNC(c1cc(C)c(F)cc1F)c1ccc(Br)cc1Br. The molecular weight excluding hydrogens is 404 g/mol. The molecule has 0 radical (unpaired) electrons. The van der Waals surface area contributed by atoms with Crippen LogP contribution < -0.4 is 5.32 Å². The Kier molecular flexibility index (Phi) is 5.52. The van der Waals surface area contributed by atoms with Gasteiger partial charge in [-0.05, 0) is 42.8 Å². The molecule has 0 bridgehead atoms. The topological polar surface area (TPSA) is 12.0 Å². The van der Waals surface area contributed by atoms with Crippen LogP contribution in [0.3, 0.4) is 0 Å². The largest absolute Gasteiger partial charge is 0.306 e. The van der Waals surface area contributed by atoms with Crippen molar-refractivity contribution < 1.29 is 8.78 Å². The van der Waals surface area contributed by atoms with Gasteiger partial charge in [-0.1, -0.05) is 44.8 Å². The highest BCUT2D eigenvalue weighted by Crippen LogP contribution is 2.32.